The largest absolute Gasteiger partial charge is 0.478 e. The second kappa shape index (κ2) is 6.53. The Morgan fingerprint density at radius 3 is 2.00 bits per heavy atom. The molecule has 108 valence electrons. The van der Waals surface area contributed by atoms with Crippen molar-refractivity contribution in [2.45, 2.75) is 0 Å². The molecule has 8 nitrogen and oxygen atoms in total. The summed E-state index contributed by atoms with van der Waals surface area (Å²) in [5, 5.41) is 28.9. The fourth-order valence-corrected chi connectivity index (χ4v) is 1.42. The first-order valence-corrected chi connectivity index (χ1v) is 5.59. The highest BCUT2D eigenvalue weighted by Crippen LogP contribution is 2.16. The van der Waals surface area contributed by atoms with Crippen molar-refractivity contribution in [3.05, 3.63) is 29.3 Å². The molecule has 0 bridgehead atoms. The van der Waals surface area contributed by atoms with Crippen LogP contribution in [0.25, 0.3) is 0 Å². The lowest BCUT2D eigenvalue weighted by Crippen LogP contribution is -2.33. The first kappa shape index (κ1) is 15.4. The molecule has 0 radical (unpaired) electrons. The van der Waals surface area contributed by atoms with Gasteiger partial charge in [-0.1, -0.05) is 0 Å². The molecule has 1 aromatic carbocycles. The van der Waals surface area contributed by atoms with Crippen molar-refractivity contribution in [3.8, 4) is 0 Å². The molecule has 0 aliphatic carbocycles. The predicted molar refractivity (Wildman–Crippen MR) is 69.1 cm³/mol. The van der Waals surface area contributed by atoms with Gasteiger partial charge in [0.25, 0.3) is 0 Å². The number of carbonyl (C=O) groups is 3. The molecule has 0 saturated carbocycles. The average Bonchev–Trinajstić information content (AvgIpc) is 2.38. The van der Waals surface area contributed by atoms with Gasteiger partial charge in [0.05, 0.1) is 17.7 Å². The summed E-state index contributed by atoms with van der Waals surface area (Å²) in [5.41, 5.74) is -0.438. The summed E-state index contributed by atoms with van der Waals surface area (Å²) >= 11 is 0. The van der Waals surface area contributed by atoms with E-state index in [0.29, 0.717) is 0 Å². The second-order valence-corrected chi connectivity index (χ2v) is 3.98. The Morgan fingerprint density at radius 1 is 1.10 bits per heavy atom. The number of hydrogen-bond acceptors (Lipinski definition) is 4. The van der Waals surface area contributed by atoms with Gasteiger partial charge in [0.1, 0.15) is 0 Å². The summed E-state index contributed by atoms with van der Waals surface area (Å²) in [6.07, 6.45) is 0. The van der Waals surface area contributed by atoms with E-state index in [0.717, 1.165) is 18.2 Å². The third-order valence-electron chi connectivity index (χ3n) is 2.46. The first-order chi connectivity index (χ1) is 9.35. The Kier molecular flexibility index (Phi) is 5.04. The fourth-order valence-electron chi connectivity index (χ4n) is 1.42. The molecule has 0 aromatic heterocycles. The Hall–Kier alpha value is -2.61. The van der Waals surface area contributed by atoms with Gasteiger partial charge in [-0.3, -0.25) is 0 Å². The summed E-state index contributed by atoms with van der Waals surface area (Å²) < 4.78 is 0. The molecule has 1 aromatic rings. The third-order valence-corrected chi connectivity index (χ3v) is 2.46. The highest BCUT2D eigenvalue weighted by Gasteiger charge is 2.14. The Bertz CT molecular complexity index is 510. The molecule has 1 rings (SSSR count). The smallest absolute Gasteiger partial charge is 0.335 e. The van der Waals surface area contributed by atoms with Crippen LogP contribution in [-0.2, 0) is 0 Å². The van der Waals surface area contributed by atoms with Gasteiger partial charge in [0.15, 0.2) is 0 Å². The minimum Gasteiger partial charge on any atom is -0.478 e. The van der Waals surface area contributed by atoms with E-state index < -0.39 is 18.0 Å². The van der Waals surface area contributed by atoms with E-state index >= 15 is 0 Å². The lowest BCUT2D eigenvalue weighted by Gasteiger charge is -2.17. The number of anilines is 1. The molecule has 2 amide bonds. The van der Waals surface area contributed by atoms with E-state index in [4.69, 9.17) is 15.3 Å². The first-order valence-electron chi connectivity index (χ1n) is 5.59. The average molecular weight is 282 g/mol. The predicted octanol–water partition coefficient (Wildman–Crippen LogP) is 0.539. The van der Waals surface area contributed by atoms with Crippen LogP contribution in [0.15, 0.2) is 18.2 Å². The minimum absolute atomic E-state index is 0.0529. The summed E-state index contributed by atoms with van der Waals surface area (Å²) in [6.45, 7) is -0.129. The monoisotopic (exact) mass is 282 g/mol. The van der Waals surface area contributed by atoms with E-state index in [1.807, 2.05) is 0 Å². The SMILES string of the molecule is CN(CCO)C(=O)Nc1cc(C(=O)O)cc(C(=O)O)c1. The van der Waals surface area contributed by atoms with Crippen molar-refractivity contribution in [2.75, 3.05) is 25.5 Å². The zero-order chi connectivity index (χ0) is 15.3. The number of urea groups is 1. The maximum absolute atomic E-state index is 11.7. The third kappa shape index (κ3) is 3.95. The number of carbonyl (C=O) groups excluding carboxylic acids is 1. The van der Waals surface area contributed by atoms with E-state index in [1.54, 1.807) is 0 Å². The van der Waals surface area contributed by atoms with Gasteiger partial charge in [0.2, 0.25) is 0 Å². The summed E-state index contributed by atoms with van der Waals surface area (Å²) in [5.74, 6) is -2.60. The highest BCUT2D eigenvalue weighted by molar-refractivity contribution is 5.98. The molecular weight excluding hydrogens is 268 g/mol. The summed E-state index contributed by atoms with van der Waals surface area (Å²) in [4.78, 5) is 34.7. The highest BCUT2D eigenvalue weighted by atomic mass is 16.4. The van der Waals surface area contributed by atoms with Crippen LogP contribution in [0.1, 0.15) is 20.7 Å². The zero-order valence-corrected chi connectivity index (χ0v) is 10.7. The fraction of sp³-hybridized carbons (Fsp3) is 0.250. The van der Waals surface area contributed by atoms with E-state index in [9.17, 15) is 14.4 Å². The normalized spacial score (nSPS) is 9.90. The van der Waals surface area contributed by atoms with Gasteiger partial charge in [-0.2, -0.15) is 0 Å². The van der Waals surface area contributed by atoms with Crippen LogP contribution < -0.4 is 5.32 Å². The maximum Gasteiger partial charge on any atom is 0.335 e. The van der Waals surface area contributed by atoms with Crippen LogP contribution in [0.3, 0.4) is 0 Å². The quantitative estimate of drug-likeness (QED) is 0.624. The number of amides is 2. The number of hydrogen-bond donors (Lipinski definition) is 4. The van der Waals surface area contributed by atoms with Crippen LogP contribution in [0.5, 0.6) is 0 Å². The zero-order valence-electron chi connectivity index (χ0n) is 10.7. The molecule has 0 aliphatic heterocycles. The van der Waals surface area contributed by atoms with Gasteiger partial charge in [0, 0.05) is 19.3 Å². The number of rotatable bonds is 5. The van der Waals surface area contributed by atoms with Gasteiger partial charge >= 0.3 is 18.0 Å². The van der Waals surface area contributed by atoms with Crippen molar-refractivity contribution in [3.63, 3.8) is 0 Å². The number of aliphatic hydroxyl groups is 1. The van der Waals surface area contributed by atoms with Gasteiger partial charge in [-0.15, -0.1) is 0 Å². The van der Waals surface area contributed by atoms with Crippen LogP contribution in [0, 0.1) is 0 Å². The molecule has 0 atom stereocenters. The Labute approximate surface area is 114 Å². The number of nitrogens with zero attached hydrogens (tertiary/aromatic N) is 1. The number of aromatic carboxylic acids is 2. The molecule has 0 spiro atoms. The number of nitrogens with one attached hydrogen (secondary N) is 1. The summed E-state index contributed by atoms with van der Waals surface area (Å²) in [6, 6.07) is 2.72. The molecule has 0 unspecified atom stereocenters. The topological polar surface area (TPSA) is 127 Å². The number of carboxylic acid groups (broad SMARTS) is 2. The van der Waals surface area contributed by atoms with Crippen LogP contribution in [0.2, 0.25) is 0 Å². The maximum atomic E-state index is 11.7. The molecule has 8 heteroatoms. The molecule has 0 saturated heterocycles. The van der Waals surface area contributed by atoms with E-state index in [-0.39, 0.29) is 30.0 Å². The molecular formula is C12H14N2O6. The standard InChI is InChI=1S/C12H14N2O6/c1-14(2-3-15)12(20)13-9-5-7(10(16)17)4-8(6-9)11(18)19/h4-6,15H,2-3H2,1H3,(H,13,20)(H,16,17)(H,18,19). The van der Waals surface area contributed by atoms with E-state index in [1.165, 1.54) is 11.9 Å². The molecule has 4 N–H and O–H groups in total. The number of aliphatic hydroxyl groups excluding tert-OH is 1. The lowest BCUT2D eigenvalue weighted by atomic mass is 10.1. The van der Waals surface area contributed by atoms with Gasteiger partial charge < -0.3 is 25.5 Å². The summed E-state index contributed by atoms with van der Waals surface area (Å²) in [7, 11) is 1.44. The second-order valence-electron chi connectivity index (χ2n) is 3.98. The van der Waals surface area contributed by atoms with Crippen LogP contribution in [0.4, 0.5) is 10.5 Å². The Balaban J connectivity index is 3.02. The van der Waals surface area contributed by atoms with E-state index in [2.05, 4.69) is 5.32 Å². The molecule has 0 aliphatic rings. The van der Waals surface area contributed by atoms with Gasteiger partial charge in [-0.25, -0.2) is 14.4 Å². The van der Waals surface area contributed by atoms with Crippen molar-refractivity contribution >= 4 is 23.7 Å². The van der Waals surface area contributed by atoms with Crippen molar-refractivity contribution in [2.24, 2.45) is 0 Å². The molecule has 20 heavy (non-hydrogen) atoms. The number of likely N-dealkylation sites (N-methyl/N-ethyl adjacent to an activating group) is 1. The van der Waals surface area contributed by atoms with Crippen LogP contribution >= 0.6 is 0 Å². The van der Waals surface area contributed by atoms with Crippen molar-refractivity contribution in [1.29, 1.82) is 0 Å². The Morgan fingerprint density at radius 2 is 1.60 bits per heavy atom. The van der Waals surface area contributed by atoms with Crippen LogP contribution in [-0.4, -0.2) is 58.4 Å². The molecule has 0 heterocycles. The lowest BCUT2D eigenvalue weighted by molar-refractivity contribution is 0.0696. The number of carboxylic acids is 2. The van der Waals surface area contributed by atoms with Crippen molar-refractivity contribution in [1.82, 2.24) is 4.90 Å². The number of benzene rings is 1. The molecule has 0 fully saturated rings. The van der Waals surface area contributed by atoms with Crippen molar-refractivity contribution < 1.29 is 29.7 Å². The minimum atomic E-state index is -1.30. The van der Waals surface area contributed by atoms with Gasteiger partial charge in [-0.05, 0) is 18.2 Å².